The quantitative estimate of drug-likeness (QED) is 0.711. The molecule has 0 spiro atoms. The van der Waals surface area contributed by atoms with Crippen LogP contribution < -0.4 is 9.80 Å². The second kappa shape index (κ2) is 8.63. The maximum Gasteiger partial charge on any atom is 0.243 e. The molecule has 0 N–H and O–H groups in total. The number of rotatable bonds is 6. The maximum absolute atomic E-state index is 13.0. The third kappa shape index (κ3) is 4.09. The zero-order valence-electron chi connectivity index (χ0n) is 16.5. The smallest absolute Gasteiger partial charge is 0.243 e. The minimum Gasteiger partial charge on any atom is -0.356 e. The number of halogens is 1. The number of piperazine rings is 1. The number of hydrogen-bond donors (Lipinski definition) is 0. The Morgan fingerprint density at radius 3 is 2.29 bits per heavy atom. The van der Waals surface area contributed by atoms with Gasteiger partial charge in [-0.15, -0.1) is 10.2 Å². The van der Waals surface area contributed by atoms with Crippen molar-refractivity contribution in [2.75, 3.05) is 49.1 Å². The number of anilines is 2. The molecule has 3 rings (SSSR count). The van der Waals surface area contributed by atoms with E-state index in [1.165, 1.54) is 4.31 Å². The molecule has 1 fully saturated rings. The minimum atomic E-state index is -3.57. The first-order valence-electron chi connectivity index (χ1n) is 9.47. The molecule has 0 radical (unpaired) electrons. The Labute approximate surface area is 172 Å². The summed E-state index contributed by atoms with van der Waals surface area (Å²) in [6.07, 6.45) is 0. The normalized spacial score (nSPS) is 15.6. The minimum absolute atomic E-state index is 0.275. The summed E-state index contributed by atoms with van der Waals surface area (Å²) in [5.41, 5.74) is 0.587. The monoisotopic (exact) mass is 423 g/mol. The molecule has 0 unspecified atom stereocenters. The van der Waals surface area contributed by atoms with E-state index in [9.17, 15) is 8.42 Å². The van der Waals surface area contributed by atoms with Crippen LogP contribution in [0.5, 0.6) is 0 Å². The van der Waals surface area contributed by atoms with Crippen LogP contribution in [0.25, 0.3) is 0 Å². The summed E-state index contributed by atoms with van der Waals surface area (Å²) in [5, 5.41) is 9.12. The van der Waals surface area contributed by atoms with Crippen LogP contribution in [0, 0.1) is 6.92 Å². The Morgan fingerprint density at radius 2 is 1.71 bits per heavy atom. The molecule has 9 heteroatoms. The highest BCUT2D eigenvalue weighted by molar-refractivity contribution is 7.89. The fourth-order valence-corrected chi connectivity index (χ4v) is 5.27. The zero-order chi connectivity index (χ0) is 20.3. The van der Waals surface area contributed by atoms with Crippen LogP contribution in [0.3, 0.4) is 0 Å². The van der Waals surface area contributed by atoms with Crippen LogP contribution in [-0.4, -0.2) is 62.2 Å². The molecular formula is C19H26ClN5O2S. The molecule has 0 amide bonds. The van der Waals surface area contributed by atoms with Gasteiger partial charge in [-0.3, -0.25) is 0 Å². The van der Waals surface area contributed by atoms with Gasteiger partial charge in [0.2, 0.25) is 10.0 Å². The van der Waals surface area contributed by atoms with Crippen molar-refractivity contribution in [2.45, 2.75) is 25.7 Å². The van der Waals surface area contributed by atoms with E-state index in [0.717, 1.165) is 24.7 Å². The Bertz CT molecular complexity index is 908. The lowest BCUT2D eigenvalue weighted by Gasteiger charge is -2.34. The highest BCUT2D eigenvalue weighted by Gasteiger charge is 2.30. The van der Waals surface area contributed by atoms with E-state index in [1.54, 1.807) is 25.1 Å². The van der Waals surface area contributed by atoms with Gasteiger partial charge in [0.05, 0.1) is 4.90 Å². The van der Waals surface area contributed by atoms with Crippen molar-refractivity contribution in [3.63, 3.8) is 0 Å². The van der Waals surface area contributed by atoms with Gasteiger partial charge in [0.25, 0.3) is 0 Å². The van der Waals surface area contributed by atoms with Crippen LogP contribution in [0.15, 0.2) is 35.2 Å². The highest BCUT2D eigenvalue weighted by Crippen LogP contribution is 2.27. The molecule has 2 aromatic rings. The largest absolute Gasteiger partial charge is 0.356 e. The van der Waals surface area contributed by atoms with Crippen molar-refractivity contribution >= 4 is 33.3 Å². The molecular weight excluding hydrogens is 398 g/mol. The molecule has 0 atom stereocenters. The molecule has 2 heterocycles. The van der Waals surface area contributed by atoms with Gasteiger partial charge in [-0.1, -0.05) is 17.7 Å². The lowest BCUT2D eigenvalue weighted by molar-refractivity contribution is 0.383. The molecule has 1 aliphatic rings. The molecule has 0 bridgehead atoms. The Balaban J connectivity index is 1.70. The van der Waals surface area contributed by atoms with Gasteiger partial charge in [-0.2, -0.15) is 4.31 Å². The maximum atomic E-state index is 13.0. The summed E-state index contributed by atoms with van der Waals surface area (Å²) in [7, 11) is -3.57. The fraction of sp³-hybridized carbons (Fsp3) is 0.474. The van der Waals surface area contributed by atoms with Gasteiger partial charge in [0.1, 0.15) is 0 Å². The van der Waals surface area contributed by atoms with Crippen LogP contribution >= 0.6 is 11.6 Å². The van der Waals surface area contributed by atoms with Crippen molar-refractivity contribution in [1.82, 2.24) is 14.5 Å². The van der Waals surface area contributed by atoms with Crippen LogP contribution in [0.2, 0.25) is 5.02 Å². The molecule has 1 aromatic heterocycles. The zero-order valence-corrected chi connectivity index (χ0v) is 18.0. The van der Waals surface area contributed by atoms with Gasteiger partial charge in [-0.05, 0) is 50.6 Å². The van der Waals surface area contributed by atoms with Gasteiger partial charge in [0.15, 0.2) is 11.6 Å². The third-order valence-electron chi connectivity index (χ3n) is 5.12. The first-order chi connectivity index (χ1) is 13.4. The summed E-state index contributed by atoms with van der Waals surface area (Å²) >= 11 is 6.11. The number of sulfonamides is 1. The Kier molecular flexibility index (Phi) is 6.42. The second-order valence-corrected chi connectivity index (χ2v) is 8.99. The average molecular weight is 424 g/mol. The topological polar surface area (TPSA) is 69.6 Å². The van der Waals surface area contributed by atoms with Gasteiger partial charge in [-0.25, -0.2) is 8.42 Å². The number of hydrogen-bond acceptors (Lipinski definition) is 6. The van der Waals surface area contributed by atoms with E-state index in [4.69, 9.17) is 11.6 Å². The van der Waals surface area contributed by atoms with E-state index < -0.39 is 10.0 Å². The van der Waals surface area contributed by atoms with Gasteiger partial charge >= 0.3 is 0 Å². The second-order valence-electron chi connectivity index (χ2n) is 6.68. The van der Waals surface area contributed by atoms with E-state index in [2.05, 4.69) is 33.8 Å². The van der Waals surface area contributed by atoms with Crippen molar-refractivity contribution in [2.24, 2.45) is 0 Å². The average Bonchev–Trinajstić information content (AvgIpc) is 2.71. The van der Waals surface area contributed by atoms with E-state index >= 15 is 0 Å². The van der Waals surface area contributed by atoms with Crippen molar-refractivity contribution < 1.29 is 8.42 Å². The molecule has 1 saturated heterocycles. The van der Waals surface area contributed by atoms with Gasteiger partial charge in [0, 0.05) is 44.3 Å². The molecule has 1 aromatic carbocycles. The summed E-state index contributed by atoms with van der Waals surface area (Å²) in [6, 6.07) is 8.90. The van der Waals surface area contributed by atoms with E-state index in [0.29, 0.717) is 36.8 Å². The number of aromatic nitrogens is 2. The third-order valence-corrected chi connectivity index (χ3v) is 7.57. The molecule has 1 aliphatic heterocycles. The Hall–Kier alpha value is -1.90. The molecule has 0 aliphatic carbocycles. The predicted molar refractivity (Wildman–Crippen MR) is 113 cm³/mol. The lowest BCUT2D eigenvalue weighted by Crippen LogP contribution is -2.49. The number of nitrogens with zero attached hydrogens (tertiary/aromatic N) is 5. The lowest BCUT2D eigenvalue weighted by atomic mass is 10.2. The van der Waals surface area contributed by atoms with Crippen LogP contribution in [0.4, 0.5) is 11.6 Å². The Morgan fingerprint density at radius 1 is 1.04 bits per heavy atom. The number of benzene rings is 1. The highest BCUT2D eigenvalue weighted by atomic mass is 35.5. The summed E-state index contributed by atoms with van der Waals surface area (Å²) in [5.74, 6) is 1.62. The van der Waals surface area contributed by atoms with Crippen molar-refractivity contribution in [1.29, 1.82) is 0 Å². The van der Waals surface area contributed by atoms with Crippen LogP contribution in [-0.2, 0) is 10.0 Å². The molecule has 0 saturated carbocycles. The standard InChI is InChI=1S/C19H26ClN5O2S/c1-4-23(5-2)18-9-10-19(22-21-18)24-11-13-25(14-12-24)28(26,27)17-8-6-7-16(20)15(17)3/h6-10H,4-5,11-14H2,1-3H3. The molecule has 7 nitrogen and oxygen atoms in total. The van der Waals surface area contributed by atoms with Gasteiger partial charge < -0.3 is 9.80 Å². The summed E-state index contributed by atoms with van der Waals surface area (Å²) in [6.45, 7) is 9.59. The van der Waals surface area contributed by atoms with Crippen LogP contribution in [0.1, 0.15) is 19.4 Å². The fourth-order valence-electron chi connectivity index (χ4n) is 3.37. The summed E-state index contributed by atoms with van der Waals surface area (Å²) < 4.78 is 27.5. The van der Waals surface area contributed by atoms with Crippen molar-refractivity contribution in [3.05, 3.63) is 40.9 Å². The predicted octanol–water partition coefficient (Wildman–Crippen LogP) is 2.80. The summed E-state index contributed by atoms with van der Waals surface area (Å²) in [4.78, 5) is 4.47. The SMILES string of the molecule is CCN(CC)c1ccc(N2CCN(S(=O)(=O)c3cccc(Cl)c3C)CC2)nn1. The first-order valence-corrected chi connectivity index (χ1v) is 11.3. The first kappa shape index (κ1) is 20.8. The molecule has 28 heavy (non-hydrogen) atoms. The van der Waals surface area contributed by atoms with E-state index in [-0.39, 0.29) is 4.90 Å². The van der Waals surface area contributed by atoms with Crippen molar-refractivity contribution in [3.8, 4) is 0 Å². The van der Waals surface area contributed by atoms with E-state index in [1.807, 2.05) is 12.1 Å². The molecule has 152 valence electrons.